The summed E-state index contributed by atoms with van der Waals surface area (Å²) in [6, 6.07) is 4.68. The van der Waals surface area contributed by atoms with Crippen molar-refractivity contribution in [1.29, 1.82) is 0 Å². The second-order valence-corrected chi connectivity index (χ2v) is 6.40. The van der Waals surface area contributed by atoms with Crippen molar-refractivity contribution in [2.75, 3.05) is 26.3 Å². The van der Waals surface area contributed by atoms with Gasteiger partial charge in [-0.2, -0.15) is 5.10 Å². The Morgan fingerprint density at radius 1 is 1.09 bits per heavy atom. The van der Waals surface area contributed by atoms with Crippen molar-refractivity contribution < 1.29 is 4.74 Å². The second-order valence-electron chi connectivity index (χ2n) is 6.40. The van der Waals surface area contributed by atoms with E-state index < -0.39 is 0 Å². The molecule has 0 N–H and O–H groups in total. The SMILES string of the molecule is c1cncc(-n2ncnc2C2CCN(C3CCOCC3)CC2)c1. The molecule has 2 aromatic heterocycles. The largest absolute Gasteiger partial charge is 0.381 e. The van der Waals surface area contributed by atoms with Crippen LogP contribution in [0.3, 0.4) is 0 Å². The Morgan fingerprint density at radius 3 is 2.65 bits per heavy atom. The lowest BCUT2D eigenvalue weighted by molar-refractivity contribution is 0.0248. The lowest BCUT2D eigenvalue weighted by Gasteiger charge is -2.39. The van der Waals surface area contributed by atoms with Gasteiger partial charge in [0, 0.05) is 31.4 Å². The lowest BCUT2D eigenvalue weighted by atomic mass is 9.93. The summed E-state index contributed by atoms with van der Waals surface area (Å²) in [7, 11) is 0. The van der Waals surface area contributed by atoms with Crippen molar-refractivity contribution in [3.05, 3.63) is 36.7 Å². The highest BCUT2D eigenvalue weighted by Gasteiger charge is 2.29. The third-order valence-corrected chi connectivity index (χ3v) is 5.07. The number of rotatable bonds is 3. The van der Waals surface area contributed by atoms with E-state index in [4.69, 9.17) is 4.74 Å². The van der Waals surface area contributed by atoms with Gasteiger partial charge in [0.05, 0.1) is 11.9 Å². The zero-order valence-corrected chi connectivity index (χ0v) is 13.3. The highest BCUT2D eigenvalue weighted by Crippen LogP contribution is 2.30. The lowest BCUT2D eigenvalue weighted by Crippen LogP contribution is -2.44. The molecule has 2 fully saturated rings. The fourth-order valence-electron chi connectivity index (χ4n) is 3.78. The first-order valence-electron chi connectivity index (χ1n) is 8.54. The van der Waals surface area contributed by atoms with Crippen molar-refractivity contribution in [2.45, 2.75) is 37.6 Å². The summed E-state index contributed by atoms with van der Waals surface area (Å²) < 4.78 is 7.43. The van der Waals surface area contributed by atoms with Crippen LogP contribution in [0.4, 0.5) is 0 Å². The van der Waals surface area contributed by atoms with Crippen LogP contribution in [0.2, 0.25) is 0 Å². The number of aromatic nitrogens is 4. The molecule has 0 amide bonds. The van der Waals surface area contributed by atoms with Crippen molar-refractivity contribution in [3.8, 4) is 5.69 Å². The predicted octanol–water partition coefficient (Wildman–Crippen LogP) is 2.02. The molecule has 2 aliphatic heterocycles. The quantitative estimate of drug-likeness (QED) is 0.868. The Hall–Kier alpha value is -1.79. The fraction of sp³-hybridized carbons (Fsp3) is 0.588. The summed E-state index contributed by atoms with van der Waals surface area (Å²) >= 11 is 0. The van der Waals surface area contributed by atoms with Crippen molar-refractivity contribution in [3.63, 3.8) is 0 Å². The molecule has 0 radical (unpaired) electrons. The summed E-state index contributed by atoms with van der Waals surface area (Å²) in [4.78, 5) is 11.4. The fourth-order valence-corrected chi connectivity index (χ4v) is 3.78. The van der Waals surface area contributed by atoms with E-state index in [1.165, 1.54) is 12.8 Å². The Bertz CT molecular complexity index is 615. The van der Waals surface area contributed by atoms with Gasteiger partial charge >= 0.3 is 0 Å². The number of hydrogen-bond donors (Lipinski definition) is 0. The third-order valence-electron chi connectivity index (χ3n) is 5.07. The maximum atomic E-state index is 5.48. The molecule has 0 spiro atoms. The molecule has 122 valence electrons. The Kier molecular flexibility index (Phi) is 4.35. The molecule has 6 nitrogen and oxygen atoms in total. The van der Waals surface area contributed by atoms with Crippen LogP contribution in [0.5, 0.6) is 0 Å². The monoisotopic (exact) mass is 313 g/mol. The van der Waals surface area contributed by atoms with Crippen LogP contribution in [0.25, 0.3) is 5.69 Å². The minimum atomic E-state index is 0.480. The van der Waals surface area contributed by atoms with Crippen LogP contribution in [0, 0.1) is 0 Å². The zero-order valence-electron chi connectivity index (χ0n) is 13.3. The van der Waals surface area contributed by atoms with Crippen LogP contribution < -0.4 is 0 Å². The Morgan fingerprint density at radius 2 is 1.91 bits per heavy atom. The van der Waals surface area contributed by atoms with Gasteiger partial charge in [-0.25, -0.2) is 9.67 Å². The summed E-state index contributed by atoms with van der Waals surface area (Å²) in [5.74, 6) is 1.55. The average Bonchev–Trinajstić information content (AvgIpc) is 3.13. The van der Waals surface area contributed by atoms with Gasteiger partial charge in [0.1, 0.15) is 12.2 Å². The molecular weight excluding hydrogens is 290 g/mol. The van der Waals surface area contributed by atoms with Gasteiger partial charge in [-0.05, 0) is 50.9 Å². The van der Waals surface area contributed by atoms with Gasteiger partial charge in [-0.1, -0.05) is 0 Å². The molecule has 4 rings (SSSR count). The van der Waals surface area contributed by atoms with Gasteiger partial charge in [0.15, 0.2) is 0 Å². The van der Waals surface area contributed by atoms with Crippen molar-refractivity contribution >= 4 is 0 Å². The van der Waals surface area contributed by atoms with Gasteiger partial charge in [0.2, 0.25) is 0 Å². The van der Waals surface area contributed by atoms with Crippen LogP contribution in [0.1, 0.15) is 37.4 Å². The summed E-state index contributed by atoms with van der Waals surface area (Å²) in [5.41, 5.74) is 0.992. The molecule has 0 unspecified atom stereocenters. The minimum Gasteiger partial charge on any atom is -0.381 e. The van der Waals surface area contributed by atoms with Gasteiger partial charge in [-0.3, -0.25) is 4.98 Å². The van der Waals surface area contributed by atoms with Crippen molar-refractivity contribution in [2.24, 2.45) is 0 Å². The van der Waals surface area contributed by atoms with Crippen LogP contribution in [-0.2, 0) is 4.74 Å². The predicted molar refractivity (Wildman–Crippen MR) is 86.5 cm³/mol. The molecule has 6 heteroatoms. The number of ether oxygens (including phenoxy) is 1. The minimum absolute atomic E-state index is 0.480. The van der Waals surface area contributed by atoms with E-state index in [0.717, 1.165) is 50.7 Å². The molecule has 2 saturated heterocycles. The first kappa shape index (κ1) is 14.8. The second kappa shape index (κ2) is 6.76. The highest BCUT2D eigenvalue weighted by molar-refractivity contribution is 5.28. The molecule has 0 saturated carbocycles. The molecule has 2 aromatic rings. The van der Waals surface area contributed by atoms with E-state index in [-0.39, 0.29) is 0 Å². The Balaban J connectivity index is 1.44. The number of nitrogens with zero attached hydrogens (tertiary/aromatic N) is 5. The molecule has 0 aromatic carbocycles. The first-order valence-corrected chi connectivity index (χ1v) is 8.54. The normalized spacial score (nSPS) is 21.6. The van der Waals surface area contributed by atoms with Crippen LogP contribution in [-0.4, -0.2) is 57.0 Å². The Labute approximate surface area is 136 Å². The standard InChI is InChI=1S/C17H23N5O/c1-2-16(12-18-7-1)22-17(19-13-20-22)14-3-8-21(9-4-14)15-5-10-23-11-6-15/h1-2,7,12-15H,3-6,8-11H2. The number of likely N-dealkylation sites (tertiary alicyclic amines) is 1. The van der Waals surface area contributed by atoms with E-state index >= 15 is 0 Å². The van der Waals surface area contributed by atoms with E-state index in [2.05, 4.69) is 20.0 Å². The van der Waals surface area contributed by atoms with E-state index in [1.54, 1.807) is 12.5 Å². The molecule has 0 bridgehead atoms. The highest BCUT2D eigenvalue weighted by atomic mass is 16.5. The van der Waals surface area contributed by atoms with Gasteiger partial charge < -0.3 is 9.64 Å². The summed E-state index contributed by atoms with van der Waals surface area (Å²) in [5, 5.41) is 4.41. The molecular formula is C17H23N5O. The van der Waals surface area contributed by atoms with Crippen molar-refractivity contribution in [1.82, 2.24) is 24.6 Å². The summed E-state index contributed by atoms with van der Waals surface area (Å²) in [6.07, 6.45) is 9.94. The smallest absolute Gasteiger partial charge is 0.138 e. The molecule has 4 heterocycles. The maximum Gasteiger partial charge on any atom is 0.138 e. The molecule has 0 aliphatic carbocycles. The van der Waals surface area contributed by atoms with Gasteiger partial charge in [-0.15, -0.1) is 0 Å². The number of pyridine rings is 1. The molecule has 23 heavy (non-hydrogen) atoms. The van der Waals surface area contributed by atoms with Crippen LogP contribution in [0.15, 0.2) is 30.9 Å². The van der Waals surface area contributed by atoms with Crippen LogP contribution >= 0.6 is 0 Å². The molecule has 0 atom stereocenters. The average molecular weight is 313 g/mol. The zero-order chi connectivity index (χ0) is 15.5. The maximum absolute atomic E-state index is 5.48. The van der Waals surface area contributed by atoms with E-state index in [9.17, 15) is 0 Å². The first-order chi connectivity index (χ1) is 11.4. The van der Waals surface area contributed by atoms with E-state index in [1.807, 2.05) is 23.0 Å². The van der Waals surface area contributed by atoms with E-state index in [0.29, 0.717) is 12.0 Å². The number of piperidine rings is 1. The van der Waals surface area contributed by atoms with Gasteiger partial charge in [0.25, 0.3) is 0 Å². The third kappa shape index (κ3) is 3.14. The summed E-state index contributed by atoms with van der Waals surface area (Å²) in [6.45, 7) is 4.13. The topological polar surface area (TPSA) is 56.1 Å². The number of hydrogen-bond acceptors (Lipinski definition) is 5. The molecule has 2 aliphatic rings.